The van der Waals surface area contributed by atoms with Gasteiger partial charge in [-0.3, -0.25) is 0 Å². The third kappa shape index (κ3) is 3.22. The van der Waals surface area contributed by atoms with Crippen LogP contribution in [0.4, 0.5) is 0 Å². The molecule has 0 heterocycles. The van der Waals surface area contributed by atoms with Gasteiger partial charge < -0.3 is 19.3 Å². The van der Waals surface area contributed by atoms with E-state index in [0.29, 0.717) is 17.1 Å². The molecule has 20 heavy (non-hydrogen) atoms. The molecule has 0 saturated carbocycles. The molecule has 1 rings (SSSR count). The van der Waals surface area contributed by atoms with Crippen LogP contribution in [0, 0.1) is 0 Å². The van der Waals surface area contributed by atoms with E-state index in [-0.39, 0.29) is 6.61 Å². The van der Waals surface area contributed by atoms with Crippen molar-refractivity contribution in [3.05, 3.63) is 23.8 Å². The van der Waals surface area contributed by atoms with Gasteiger partial charge in [0, 0.05) is 17.5 Å². The van der Waals surface area contributed by atoms with Gasteiger partial charge in [0.25, 0.3) is 0 Å². The molecule has 0 aliphatic rings. The van der Waals surface area contributed by atoms with Gasteiger partial charge in [-0.2, -0.15) is 0 Å². The van der Waals surface area contributed by atoms with Crippen molar-refractivity contribution in [2.45, 2.75) is 32.3 Å². The Morgan fingerprint density at radius 1 is 1.35 bits per heavy atom. The van der Waals surface area contributed by atoms with Crippen LogP contribution in [0.5, 0.6) is 11.5 Å². The Morgan fingerprint density at radius 2 is 2.00 bits per heavy atom. The molecule has 0 bridgehead atoms. The van der Waals surface area contributed by atoms with Crippen molar-refractivity contribution < 1.29 is 24.1 Å². The van der Waals surface area contributed by atoms with Crippen molar-refractivity contribution in [2.75, 3.05) is 20.8 Å². The Bertz CT molecular complexity index is 467. The lowest BCUT2D eigenvalue weighted by atomic mass is 9.84. The van der Waals surface area contributed by atoms with Crippen LogP contribution in [-0.2, 0) is 9.53 Å². The molecule has 112 valence electrons. The van der Waals surface area contributed by atoms with E-state index in [1.165, 1.54) is 14.0 Å². The number of aliphatic hydroxyl groups is 1. The molecule has 0 aliphatic carbocycles. The van der Waals surface area contributed by atoms with Gasteiger partial charge in [0.2, 0.25) is 0 Å². The Labute approximate surface area is 119 Å². The first-order valence-electron chi connectivity index (χ1n) is 6.50. The molecule has 0 saturated heterocycles. The highest BCUT2D eigenvalue weighted by Gasteiger charge is 2.40. The molecule has 0 aromatic heterocycles. The first-order chi connectivity index (χ1) is 9.38. The number of rotatable bonds is 6. The average molecular weight is 282 g/mol. The Morgan fingerprint density at radius 3 is 2.50 bits per heavy atom. The summed E-state index contributed by atoms with van der Waals surface area (Å²) in [6.45, 7) is 5.12. The highest BCUT2D eigenvalue weighted by Crippen LogP contribution is 2.36. The molecule has 0 fully saturated rings. The lowest BCUT2D eigenvalue weighted by Crippen LogP contribution is -2.41. The van der Waals surface area contributed by atoms with Crippen LogP contribution < -0.4 is 9.47 Å². The van der Waals surface area contributed by atoms with Crippen LogP contribution >= 0.6 is 0 Å². The molecule has 5 heteroatoms. The van der Waals surface area contributed by atoms with Gasteiger partial charge in [-0.15, -0.1) is 0 Å². The fourth-order valence-corrected chi connectivity index (χ4v) is 1.93. The lowest BCUT2D eigenvalue weighted by Gasteiger charge is -2.29. The summed E-state index contributed by atoms with van der Waals surface area (Å²) in [5.41, 5.74) is -0.913. The zero-order valence-electron chi connectivity index (χ0n) is 12.6. The van der Waals surface area contributed by atoms with E-state index in [1.54, 1.807) is 39.2 Å². The summed E-state index contributed by atoms with van der Waals surface area (Å²) < 4.78 is 15.3. The molecule has 0 aliphatic heterocycles. The first-order valence-corrected chi connectivity index (χ1v) is 6.50. The lowest BCUT2D eigenvalue weighted by molar-refractivity contribution is -0.165. The molecule has 0 spiro atoms. The number of ether oxygens (including phenoxy) is 3. The Balaban J connectivity index is 3.13. The van der Waals surface area contributed by atoms with Crippen molar-refractivity contribution in [1.29, 1.82) is 0 Å². The second kappa shape index (κ2) is 6.61. The standard InChI is InChI=1S/C15H22O5/c1-6-20-14(16)15(3,17)10(2)12-8-7-11(18-4)9-13(12)19-5/h7-10,17H,6H2,1-5H3. The van der Waals surface area contributed by atoms with Gasteiger partial charge in [-0.25, -0.2) is 4.79 Å². The smallest absolute Gasteiger partial charge is 0.338 e. The van der Waals surface area contributed by atoms with E-state index in [9.17, 15) is 9.90 Å². The van der Waals surface area contributed by atoms with Crippen molar-refractivity contribution in [1.82, 2.24) is 0 Å². The van der Waals surface area contributed by atoms with Gasteiger partial charge in [0.15, 0.2) is 5.60 Å². The quantitative estimate of drug-likeness (QED) is 0.810. The topological polar surface area (TPSA) is 65.0 Å². The predicted octanol–water partition coefficient (Wildman–Crippen LogP) is 2.12. The summed E-state index contributed by atoms with van der Waals surface area (Å²) >= 11 is 0. The SMILES string of the molecule is CCOC(=O)C(C)(O)C(C)c1ccc(OC)cc1OC. The van der Waals surface area contributed by atoms with Crippen molar-refractivity contribution in [3.63, 3.8) is 0 Å². The minimum absolute atomic E-state index is 0.224. The van der Waals surface area contributed by atoms with E-state index in [0.717, 1.165) is 0 Å². The monoisotopic (exact) mass is 282 g/mol. The predicted molar refractivity (Wildman–Crippen MR) is 75.2 cm³/mol. The molecule has 1 aromatic rings. The first kappa shape index (κ1) is 16.3. The fourth-order valence-electron chi connectivity index (χ4n) is 1.93. The largest absolute Gasteiger partial charge is 0.497 e. The summed E-state index contributed by atoms with van der Waals surface area (Å²) in [4.78, 5) is 11.9. The molecule has 0 radical (unpaired) electrons. The number of carbonyl (C=O) groups excluding carboxylic acids is 1. The maximum absolute atomic E-state index is 11.9. The van der Waals surface area contributed by atoms with Crippen molar-refractivity contribution in [2.24, 2.45) is 0 Å². The summed E-state index contributed by atoms with van der Waals surface area (Å²) in [7, 11) is 3.09. The second-order valence-electron chi connectivity index (χ2n) is 4.70. The van der Waals surface area contributed by atoms with Gasteiger partial charge in [-0.1, -0.05) is 13.0 Å². The summed E-state index contributed by atoms with van der Waals surface area (Å²) in [5.74, 6) is 0.0720. The van der Waals surface area contributed by atoms with E-state index >= 15 is 0 Å². The van der Waals surface area contributed by atoms with E-state index < -0.39 is 17.5 Å². The summed E-state index contributed by atoms with van der Waals surface area (Å²) in [5, 5.41) is 10.4. The van der Waals surface area contributed by atoms with Gasteiger partial charge in [0.05, 0.1) is 20.8 Å². The molecule has 1 aromatic carbocycles. The molecule has 2 atom stereocenters. The van der Waals surface area contributed by atoms with Crippen LogP contribution in [-0.4, -0.2) is 37.5 Å². The zero-order valence-corrected chi connectivity index (χ0v) is 12.6. The van der Waals surface area contributed by atoms with E-state index in [4.69, 9.17) is 14.2 Å². The number of methoxy groups -OCH3 is 2. The Kier molecular flexibility index (Phi) is 5.39. The third-order valence-corrected chi connectivity index (χ3v) is 3.44. The maximum atomic E-state index is 11.9. The van der Waals surface area contributed by atoms with E-state index in [2.05, 4.69) is 0 Å². The van der Waals surface area contributed by atoms with E-state index in [1.807, 2.05) is 0 Å². The van der Waals surface area contributed by atoms with Crippen LogP contribution in [0.1, 0.15) is 32.3 Å². The summed E-state index contributed by atoms with van der Waals surface area (Å²) in [6, 6.07) is 5.25. The fraction of sp³-hybridized carbons (Fsp3) is 0.533. The van der Waals surface area contributed by atoms with Gasteiger partial charge in [-0.05, 0) is 19.9 Å². The number of esters is 1. The van der Waals surface area contributed by atoms with Gasteiger partial charge >= 0.3 is 5.97 Å². The van der Waals surface area contributed by atoms with Crippen molar-refractivity contribution in [3.8, 4) is 11.5 Å². The average Bonchev–Trinajstić information content (AvgIpc) is 2.45. The van der Waals surface area contributed by atoms with Crippen LogP contribution in [0.15, 0.2) is 18.2 Å². The number of benzene rings is 1. The Hall–Kier alpha value is -1.75. The number of carbonyl (C=O) groups is 1. The van der Waals surface area contributed by atoms with Crippen LogP contribution in [0.2, 0.25) is 0 Å². The molecule has 1 N–H and O–H groups in total. The minimum Gasteiger partial charge on any atom is -0.497 e. The number of hydrogen-bond donors (Lipinski definition) is 1. The molecule has 2 unspecified atom stereocenters. The molecular weight excluding hydrogens is 260 g/mol. The maximum Gasteiger partial charge on any atom is 0.338 e. The molecule has 0 amide bonds. The molecule has 5 nitrogen and oxygen atoms in total. The molecular formula is C15H22O5. The van der Waals surface area contributed by atoms with Crippen molar-refractivity contribution >= 4 is 5.97 Å². The number of hydrogen-bond acceptors (Lipinski definition) is 5. The highest BCUT2D eigenvalue weighted by molar-refractivity contribution is 5.80. The third-order valence-electron chi connectivity index (χ3n) is 3.44. The minimum atomic E-state index is -1.63. The second-order valence-corrected chi connectivity index (χ2v) is 4.70. The summed E-state index contributed by atoms with van der Waals surface area (Å²) in [6.07, 6.45) is 0. The zero-order chi connectivity index (χ0) is 15.3. The normalized spacial score (nSPS) is 15.1. The van der Waals surface area contributed by atoms with Crippen LogP contribution in [0.3, 0.4) is 0 Å². The highest BCUT2D eigenvalue weighted by atomic mass is 16.5. The van der Waals surface area contributed by atoms with Gasteiger partial charge in [0.1, 0.15) is 11.5 Å². The van der Waals surface area contributed by atoms with Crippen LogP contribution in [0.25, 0.3) is 0 Å².